The molecule has 456 valence electrons. The van der Waals surface area contributed by atoms with Gasteiger partial charge in [0.2, 0.25) is 0 Å². The molecule has 0 fully saturated rings. The second-order valence-corrected chi connectivity index (χ2v) is 25.8. The van der Waals surface area contributed by atoms with Gasteiger partial charge in [-0.1, -0.05) is 291 Å². The van der Waals surface area contributed by atoms with Gasteiger partial charge < -0.3 is 9.47 Å². The number of para-hydroxylation sites is 4. The van der Waals surface area contributed by atoms with Crippen molar-refractivity contribution in [2.24, 2.45) is 0 Å². The highest BCUT2D eigenvalue weighted by Gasteiger charge is 2.53. The Morgan fingerprint density at radius 2 is 0.582 bits per heavy atom. The van der Waals surface area contributed by atoms with Crippen LogP contribution in [0.1, 0.15) is 44.5 Å². The monoisotopic (exact) mass is 1250 g/mol. The number of benzene rings is 14. The minimum Gasteiger partial charge on any atom is -0.456 e. The van der Waals surface area contributed by atoms with Gasteiger partial charge in [0.15, 0.2) is 11.6 Å². The zero-order valence-corrected chi connectivity index (χ0v) is 52.9. The Kier molecular flexibility index (Phi) is 12.4. The fourth-order valence-corrected chi connectivity index (χ4v) is 16.5. The molecule has 6 nitrogen and oxygen atoms in total. The van der Waals surface area contributed by atoms with Crippen LogP contribution in [0.25, 0.3) is 123 Å². The maximum atomic E-state index is 7.33. The first-order valence-corrected chi connectivity index (χ1v) is 33.4. The van der Waals surface area contributed by atoms with Gasteiger partial charge >= 0.3 is 0 Å². The van der Waals surface area contributed by atoms with Gasteiger partial charge in [0.1, 0.15) is 23.0 Å². The molecule has 4 heterocycles. The van der Waals surface area contributed by atoms with Crippen LogP contribution in [0.3, 0.4) is 0 Å². The quantitative estimate of drug-likeness (QED) is 0.151. The summed E-state index contributed by atoms with van der Waals surface area (Å²) in [5, 5.41) is 2.32. The summed E-state index contributed by atoms with van der Waals surface area (Å²) in [4.78, 5) is 21.7. The Hall–Kier alpha value is -12.9. The van der Waals surface area contributed by atoms with Crippen LogP contribution in [0.15, 0.2) is 340 Å². The van der Waals surface area contributed by atoms with Gasteiger partial charge in [-0.3, -0.25) is 0 Å². The first kappa shape index (κ1) is 55.5. The molecular formula is C92H56N4O2. The van der Waals surface area contributed by atoms with Crippen molar-refractivity contribution < 1.29 is 9.47 Å². The Morgan fingerprint density at radius 1 is 0.204 bits per heavy atom. The Balaban J connectivity index is 0.738. The van der Waals surface area contributed by atoms with Crippen molar-refractivity contribution in [3.8, 4) is 135 Å². The number of ether oxygens (including phenoxy) is 2. The molecular weight excluding hydrogens is 1190 g/mol. The summed E-state index contributed by atoms with van der Waals surface area (Å²) in [6.07, 6.45) is 0. The van der Waals surface area contributed by atoms with Crippen LogP contribution in [0, 0.1) is 0 Å². The fraction of sp³-hybridized carbons (Fsp3) is 0.0217. The van der Waals surface area contributed by atoms with Crippen molar-refractivity contribution in [1.29, 1.82) is 0 Å². The van der Waals surface area contributed by atoms with E-state index in [1.165, 1.54) is 49.9 Å². The molecule has 2 aliphatic carbocycles. The van der Waals surface area contributed by atoms with E-state index >= 15 is 0 Å². The molecule has 6 heteroatoms. The maximum Gasteiger partial charge on any atom is 0.160 e. The summed E-state index contributed by atoms with van der Waals surface area (Å²) in [5.74, 6) is 4.43. The lowest BCUT2D eigenvalue weighted by Gasteiger charge is -2.40. The maximum absolute atomic E-state index is 7.33. The van der Waals surface area contributed by atoms with E-state index in [0.29, 0.717) is 11.6 Å². The van der Waals surface area contributed by atoms with Crippen molar-refractivity contribution in [3.05, 3.63) is 384 Å². The van der Waals surface area contributed by atoms with Gasteiger partial charge in [0.05, 0.1) is 33.6 Å². The molecule has 2 aliphatic heterocycles. The van der Waals surface area contributed by atoms with Crippen LogP contribution in [-0.4, -0.2) is 19.9 Å². The van der Waals surface area contributed by atoms with Crippen LogP contribution in [-0.2, 0) is 10.8 Å². The Morgan fingerprint density at radius 3 is 1.17 bits per heavy atom. The van der Waals surface area contributed by atoms with Crippen LogP contribution in [0.5, 0.6) is 23.0 Å². The molecule has 1 atom stereocenters. The lowest BCUT2D eigenvalue weighted by molar-refractivity contribution is 0.437. The molecule has 4 aliphatic rings. The number of nitrogens with zero attached hydrogens (tertiary/aromatic N) is 4. The lowest BCUT2D eigenvalue weighted by Crippen LogP contribution is -2.32. The standard InChI is InChI=1S/C92H56N4O2/c1-3-26-58(27-4-1)89-93-80(63-52-51-57-25-7-8-30-60(57)53-63)55-82(95-89)70-39-24-48-79-88(70)98-85-50-20-18-45-76(85)92(79)74-43-16-13-37-69(74)86-65(38-22-46-77(86)92)62-32-21-31-61(54-62)64-33-9-10-36-68(64)81-56-83(96-90(94-81)59-28-5-2-6-29-59)71-40-23-47-78-87(71)97-84-49-19-17-44-75(84)91(78)72-41-14-11-34-66(72)67-35-12-15-42-73(67)91/h1-56H. The first-order valence-electron chi connectivity index (χ1n) is 33.4. The topological polar surface area (TPSA) is 70.0 Å². The molecule has 0 N–H and O–H groups in total. The number of hydrogen-bond acceptors (Lipinski definition) is 6. The van der Waals surface area contributed by atoms with Crippen LogP contribution in [0.4, 0.5) is 0 Å². The SMILES string of the molecule is c1ccc(-c2nc(-c3ccccc3-c3cccc(-c4cccc5c4-c4ccccc4C54c5ccccc5Oc5c(-c6cc(-c7ccc8ccccc8c7)nc(-c7ccccc7)n6)cccc54)c3)cc(-c3cccc4c3Oc3ccccc3C43c4ccccc4-c4ccccc43)n2)cc1. The number of rotatable bonds is 8. The molecule has 1 unspecified atom stereocenters. The molecule has 2 spiro atoms. The van der Waals surface area contributed by atoms with E-state index in [-0.39, 0.29) is 0 Å². The lowest BCUT2D eigenvalue weighted by atomic mass is 9.65. The van der Waals surface area contributed by atoms with Gasteiger partial charge in [-0.15, -0.1) is 0 Å². The highest BCUT2D eigenvalue weighted by molar-refractivity contribution is 5.99. The highest BCUT2D eigenvalue weighted by Crippen LogP contribution is 2.66. The summed E-state index contributed by atoms with van der Waals surface area (Å²) in [6.45, 7) is 0. The minimum atomic E-state index is -0.775. The van der Waals surface area contributed by atoms with E-state index in [1.807, 2.05) is 24.3 Å². The minimum absolute atomic E-state index is 0.623. The molecule has 98 heavy (non-hydrogen) atoms. The number of aromatic nitrogens is 4. The van der Waals surface area contributed by atoms with E-state index in [0.717, 1.165) is 129 Å². The summed E-state index contributed by atoms with van der Waals surface area (Å²) < 4.78 is 14.6. The van der Waals surface area contributed by atoms with Crippen LogP contribution >= 0.6 is 0 Å². The smallest absolute Gasteiger partial charge is 0.160 e. The largest absolute Gasteiger partial charge is 0.456 e. The average Bonchev–Trinajstić information content (AvgIpc) is 1.63. The van der Waals surface area contributed by atoms with E-state index in [9.17, 15) is 0 Å². The molecule has 20 rings (SSSR count). The third kappa shape index (κ3) is 8.22. The average molecular weight is 1250 g/mol. The zero-order chi connectivity index (χ0) is 64.5. The van der Waals surface area contributed by atoms with Gasteiger partial charge in [-0.2, -0.15) is 0 Å². The molecule has 0 amide bonds. The number of hydrogen-bond donors (Lipinski definition) is 0. The predicted octanol–water partition coefficient (Wildman–Crippen LogP) is 22.7. The van der Waals surface area contributed by atoms with Crippen molar-refractivity contribution in [2.75, 3.05) is 0 Å². The second-order valence-electron chi connectivity index (χ2n) is 25.8. The van der Waals surface area contributed by atoms with Gasteiger partial charge in [0.25, 0.3) is 0 Å². The molecule has 0 saturated heterocycles. The van der Waals surface area contributed by atoms with Crippen molar-refractivity contribution in [1.82, 2.24) is 19.9 Å². The molecule has 0 bridgehead atoms. The molecule has 16 aromatic rings. The summed E-state index contributed by atoms with van der Waals surface area (Å²) >= 11 is 0. The number of fused-ring (bicyclic) bond motifs is 19. The van der Waals surface area contributed by atoms with Crippen LogP contribution in [0.2, 0.25) is 0 Å². The normalized spacial score (nSPS) is 14.4. The highest BCUT2D eigenvalue weighted by atomic mass is 16.5. The first-order chi connectivity index (χ1) is 48.6. The molecule has 14 aromatic carbocycles. The van der Waals surface area contributed by atoms with E-state index in [1.54, 1.807) is 0 Å². The predicted molar refractivity (Wildman–Crippen MR) is 393 cm³/mol. The summed E-state index contributed by atoms with van der Waals surface area (Å²) in [6, 6.07) is 121. The summed E-state index contributed by atoms with van der Waals surface area (Å²) in [7, 11) is 0. The zero-order valence-electron chi connectivity index (χ0n) is 52.9. The van der Waals surface area contributed by atoms with Crippen molar-refractivity contribution in [3.63, 3.8) is 0 Å². The van der Waals surface area contributed by atoms with Crippen molar-refractivity contribution in [2.45, 2.75) is 10.8 Å². The van der Waals surface area contributed by atoms with E-state index < -0.39 is 10.8 Å². The third-order valence-electron chi connectivity index (χ3n) is 20.7. The van der Waals surface area contributed by atoms with E-state index in [4.69, 9.17) is 29.4 Å². The van der Waals surface area contributed by atoms with Crippen molar-refractivity contribution >= 4 is 10.8 Å². The second kappa shape index (κ2) is 21.8. The van der Waals surface area contributed by atoms with Crippen LogP contribution < -0.4 is 9.47 Å². The van der Waals surface area contributed by atoms with Gasteiger partial charge in [0, 0.05) is 55.6 Å². The van der Waals surface area contributed by atoms with Gasteiger partial charge in [-0.25, -0.2) is 19.9 Å². The molecule has 0 radical (unpaired) electrons. The Labute approximate surface area is 567 Å². The fourth-order valence-electron chi connectivity index (χ4n) is 16.5. The third-order valence-corrected chi connectivity index (χ3v) is 20.7. The van der Waals surface area contributed by atoms with Gasteiger partial charge in [-0.05, 0) is 126 Å². The Bertz CT molecular complexity index is 5930. The van der Waals surface area contributed by atoms with E-state index in [2.05, 4.69) is 315 Å². The molecule has 2 aromatic heterocycles. The summed E-state index contributed by atoms with van der Waals surface area (Å²) in [5.41, 5.74) is 25.7. The molecule has 0 saturated carbocycles.